The standard InChI is InChI=1S/C5H11O/c1-5(2)4-6-3/h4-5H,1-3H3/q+1. The first kappa shape index (κ1) is 5.83. The Labute approximate surface area is 39.3 Å². The van der Waals surface area contributed by atoms with Gasteiger partial charge in [-0.25, -0.2) is 0 Å². The van der Waals surface area contributed by atoms with Gasteiger partial charge in [-0.05, 0) is 13.8 Å². The van der Waals surface area contributed by atoms with Crippen LogP contribution in [-0.4, -0.2) is 7.11 Å². The average molecular weight is 87.1 g/mol. The van der Waals surface area contributed by atoms with Crippen molar-refractivity contribution < 1.29 is 4.74 Å². The Hall–Kier alpha value is -0.170. The molecule has 6 heavy (non-hydrogen) atoms. The molecule has 0 aliphatic rings. The van der Waals surface area contributed by atoms with Crippen molar-refractivity contribution in [2.75, 3.05) is 7.11 Å². The third-order valence-corrected chi connectivity index (χ3v) is 0.408. The molecule has 1 nitrogen and oxygen atoms in total. The van der Waals surface area contributed by atoms with Crippen LogP contribution in [0, 0.1) is 12.5 Å². The van der Waals surface area contributed by atoms with E-state index in [1.165, 1.54) is 0 Å². The molecule has 0 aliphatic heterocycles. The summed E-state index contributed by atoms with van der Waals surface area (Å²) in [5, 5.41) is 0. The van der Waals surface area contributed by atoms with E-state index in [0.29, 0.717) is 5.92 Å². The van der Waals surface area contributed by atoms with Gasteiger partial charge in [-0.1, -0.05) is 0 Å². The van der Waals surface area contributed by atoms with Gasteiger partial charge in [0.2, 0.25) is 6.61 Å². The lowest BCUT2D eigenvalue weighted by molar-refractivity contribution is 0.241. The van der Waals surface area contributed by atoms with Crippen molar-refractivity contribution >= 4 is 0 Å². The van der Waals surface area contributed by atoms with Crippen LogP contribution in [0.5, 0.6) is 0 Å². The lowest BCUT2D eigenvalue weighted by atomic mass is 10.2. The molecule has 0 spiro atoms. The normalized spacial score (nSPS) is 9.33. The summed E-state index contributed by atoms with van der Waals surface area (Å²) in [6, 6.07) is 0. The second-order valence-corrected chi connectivity index (χ2v) is 1.62. The van der Waals surface area contributed by atoms with E-state index < -0.39 is 0 Å². The highest BCUT2D eigenvalue weighted by Crippen LogP contribution is 1.94. The molecule has 1 heteroatoms. The Morgan fingerprint density at radius 3 is 2.00 bits per heavy atom. The van der Waals surface area contributed by atoms with Crippen LogP contribution in [0.25, 0.3) is 0 Å². The van der Waals surface area contributed by atoms with Gasteiger partial charge in [0.25, 0.3) is 0 Å². The zero-order valence-corrected chi connectivity index (χ0v) is 4.56. The van der Waals surface area contributed by atoms with Gasteiger partial charge in [0.05, 0.1) is 7.11 Å². The van der Waals surface area contributed by atoms with E-state index >= 15 is 0 Å². The van der Waals surface area contributed by atoms with E-state index in [9.17, 15) is 0 Å². The number of ether oxygens (including phenoxy) is 1. The summed E-state index contributed by atoms with van der Waals surface area (Å²) in [6.07, 6.45) is 0. The van der Waals surface area contributed by atoms with Crippen molar-refractivity contribution in [3.63, 3.8) is 0 Å². The molecule has 0 saturated carbocycles. The van der Waals surface area contributed by atoms with Gasteiger partial charge in [0.1, 0.15) is 5.92 Å². The van der Waals surface area contributed by atoms with Crippen LogP contribution in [0.2, 0.25) is 0 Å². The average Bonchev–Trinajstić information content (AvgIpc) is 1.35. The summed E-state index contributed by atoms with van der Waals surface area (Å²) >= 11 is 0. The highest BCUT2D eigenvalue weighted by atomic mass is 16.5. The van der Waals surface area contributed by atoms with Crippen molar-refractivity contribution in [2.45, 2.75) is 13.8 Å². The Bertz CT molecular complexity index is 25.1. The lowest BCUT2D eigenvalue weighted by Gasteiger charge is -1.83. The number of methoxy groups -OCH3 is 1. The molecule has 0 rings (SSSR count). The predicted octanol–water partition coefficient (Wildman–Crippen LogP) is 1.45. The van der Waals surface area contributed by atoms with Gasteiger partial charge in [-0.15, -0.1) is 0 Å². The van der Waals surface area contributed by atoms with E-state index in [-0.39, 0.29) is 0 Å². The van der Waals surface area contributed by atoms with Crippen LogP contribution < -0.4 is 0 Å². The summed E-state index contributed by atoms with van der Waals surface area (Å²) in [6.45, 7) is 5.94. The van der Waals surface area contributed by atoms with Crippen molar-refractivity contribution in [3.8, 4) is 0 Å². The first-order valence-electron chi connectivity index (χ1n) is 2.13. The fourth-order valence-corrected chi connectivity index (χ4v) is 0.272. The summed E-state index contributed by atoms with van der Waals surface area (Å²) in [4.78, 5) is 0. The maximum Gasteiger partial charge on any atom is 0.229 e. The van der Waals surface area contributed by atoms with Gasteiger partial charge >= 0.3 is 0 Å². The molecule has 0 amide bonds. The van der Waals surface area contributed by atoms with E-state index in [1.807, 2.05) is 0 Å². The van der Waals surface area contributed by atoms with Crippen LogP contribution >= 0.6 is 0 Å². The molecule has 0 heterocycles. The number of rotatable bonds is 2. The monoisotopic (exact) mass is 87.1 g/mol. The van der Waals surface area contributed by atoms with Crippen LogP contribution in [0.4, 0.5) is 0 Å². The SMILES string of the molecule is CO[CH+]C(C)C. The molecule has 0 bridgehead atoms. The summed E-state index contributed by atoms with van der Waals surface area (Å²) in [7, 11) is 1.67. The lowest BCUT2D eigenvalue weighted by Crippen LogP contribution is -1.87. The van der Waals surface area contributed by atoms with Crippen LogP contribution in [0.15, 0.2) is 0 Å². The maximum absolute atomic E-state index is 4.68. The maximum atomic E-state index is 4.68. The van der Waals surface area contributed by atoms with Crippen molar-refractivity contribution in [1.82, 2.24) is 0 Å². The molecule has 0 atom stereocenters. The second kappa shape index (κ2) is 3.04. The molecule has 36 valence electrons. The van der Waals surface area contributed by atoms with Crippen molar-refractivity contribution in [1.29, 1.82) is 0 Å². The van der Waals surface area contributed by atoms with Gasteiger partial charge in [-0.2, -0.15) is 4.74 Å². The highest BCUT2D eigenvalue weighted by molar-refractivity contribution is 4.52. The summed E-state index contributed by atoms with van der Waals surface area (Å²) in [5.74, 6) is 0.551. The fourth-order valence-electron chi connectivity index (χ4n) is 0.272. The molecule has 0 aliphatic carbocycles. The third kappa shape index (κ3) is 3.83. The number of hydrogen-bond donors (Lipinski definition) is 0. The molecule has 0 aromatic carbocycles. The summed E-state index contributed by atoms with van der Waals surface area (Å²) in [5.41, 5.74) is 0. The van der Waals surface area contributed by atoms with E-state index in [4.69, 9.17) is 0 Å². The zero-order chi connectivity index (χ0) is 4.99. The predicted molar refractivity (Wildman–Crippen MR) is 26.1 cm³/mol. The molecule has 0 radical (unpaired) electrons. The highest BCUT2D eigenvalue weighted by Gasteiger charge is 1.99. The quantitative estimate of drug-likeness (QED) is 0.463. The molecule has 0 aromatic heterocycles. The van der Waals surface area contributed by atoms with Crippen LogP contribution in [-0.2, 0) is 4.74 Å². The Balaban J connectivity index is 2.63. The van der Waals surface area contributed by atoms with Crippen molar-refractivity contribution in [2.24, 2.45) is 5.92 Å². The first-order valence-corrected chi connectivity index (χ1v) is 2.13. The van der Waals surface area contributed by atoms with Gasteiger partial charge in [0, 0.05) is 0 Å². The van der Waals surface area contributed by atoms with Crippen molar-refractivity contribution in [3.05, 3.63) is 6.61 Å². The van der Waals surface area contributed by atoms with Gasteiger partial charge in [-0.3, -0.25) is 0 Å². The molecular formula is C5H11O+. The van der Waals surface area contributed by atoms with Crippen LogP contribution in [0.3, 0.4) is 0 Å². The van der Waals surface area contributed by atoms with E-state index in [0.717, 1.165) is 0 Å². The molecule has 0 aromatic rings. The summed E-state index contributed by atoms with van der Waals surface area (Å²) < 4.78 is 4.68. The van der Waals surface area contributed by atoms with E-state index in [2.05, 4.69) is 18.6 Å². The molecular weight excluding hydrogens is 76.1 g/mol. The topological polar surface area (TPSA) is 9.23 Å². The van der Waals surface area contributed by atoms with Gasteiger partial charge in [0.15, 0.2) is 0 Å². The smallest absolute Gasteiger partial charge is 0.200 e. The minimum Gasteiger partial charge on any atom is -0.200 e. The fraction of sp³-hybridized carbons (Fsp3) is 0.800. The van der Waals surface area contributed by atoms with Crippen LogP contribution in [0.1, 0.15) is 13.8 Å². The second-order valence-electron chi connectivity index (χ2n) is 1.62. The van der Waals surface area contributed by atoms with E-state index in [1.54, 1.807) is 13.7 Å². The third-order valence-electron chi connectivity index (χ3n) is 0.408. The Kier molecular flexibility index (Phi) is 2.95. The molecule has 0 fully saturated rings. The Morgan fingerprint density at radius 2 is 2.00 bits per heavy atom. The largest absolute Gasteiger partial charge is 0.229 e. The first-order chi connectivity index (χ1) is 2.77. The Morgan fingerprint density at radius 1 is 1.50 bits per heavy atom. The molecule has 0 N–H and O–H groups in total. The zero-order valence-electron chi connectivity index (χ0n) is 4.56. The minimum atomic E-state index is 0.551. The molecule has 0 unspecified atom stereocenters. The van der Waals surface area contributed by atoms with Gasteiger partial charge < -0.3 is 0 Å². The minimum absolute atomic E-state index is 0.551. The molecule has 0 saturated heterocycles. The number of hydrogen-bond acceptors (Lipinski definition) is 1.